The number of aryl methyl sites for hydroxylation is 1. The Kier molecular flexibility index (Phi) is 5.98. The van der Waals surface area contributed by atoms with Crippen molar-refractivity contribution in [3.8, 4) is 22.6 Å². The highest BCUT2D eigenvalue weighted by molar-refractivity contribution is 5.91. The minimum Gasteiger partial charge on any atom is -0.492 e. The third kappa shape index (κ3) is 4.75. The van der Waals surface area contributed by atoms with Crippen molar-refractivity contribution in [2.24, 2.45) is 0 Å². The van der Waals surface area contributed by atoms with E-state index in [0.717, 1.165) is 11.1 Å². The number of halogens is 1. The van der Waals surface area contributed by atoms with E-state index in [1.807, 2.05) is 54.6 Å². The van der Waals surface area contributed by atoms with Gasteiger partial charge in [0.15, 0.2) is 5.82 Å². The number of hydrogen-bond acceptors (Lipinski definition) is 5. The van der Waals surface area contributed by atoms with Crippen LogP contribution in [0.25, 0.3) is 16.8 Å². The lowest BCUT2D eigenvalue weighted by atomic mass is 10.1. The first-order valence-electron chi connectivity index (χ1n) is 9.74. The quantitative estimate of drug-likeness (QED) is 0.488. The molecule has 0 unspecified atom stereocenters. The predicted molar refractivity (Wildman–Crippen MR) is 114 cm³/mol. The Labute approximate surface area is 178 Å². The van der Waals surface area contributed by atoms with Gasteiger partial charge in [-0.3, -0.25) is 4.79 Å². The summed E-state index contributed by atoms with van der Waals surface area (Å²) >= 11 is 0. The lowest BCUT2D eigenvalue weighted by Gasteiger charge is -2.12. The Morgan fingerprint density at radius 1 is 1.06 bits per heavy atom. The highest BCUT2D eigenvalue weighted by Gasteiger charge is 2.12. The molecular weight excluding hydrogens is 397 g/mol. The van der Waals surface area contributed by atoms with Crippen LogP contribution in [0.2, 0.25) is 0 Å². The summed E-state index contributed by atoms with van der Waals surface area (Å²) in [7, 11) is 0. The van der Waals surface area contributed by atoms with Crippen molar-refractivity contribution >= 4 is 11.6 Å². The maximum absolute atomic E-state index is 14.2. The molecule has 156 valence electrons. The second kappa shape index (κ2) is 9.17. The molecule has 0 fully saturated rings. The van der Waals surface area contributed by atoms with Gasteiger partial charge in [-0.2, -0.15) is 4.68 Å². The smallest absolute Gasteiger partial charge is 0.227 e. The minimum atomic E-state index is -0.491. The summed E-state index contributed by atoms with van der Waals surface area (Å²) in [4.78, 5) is 12.4. The highest BCUT2D eigenvalue weighted by Crippen LogP contribution is 2.29. The van der Waals surface area contributed by atoms with Crippen LogP contribution in [0.1, 0.15) is 12.2 Å². The van der Waals surface area contributed by atoms with Crippen molar-refractivity contribution < 1.29 is 13.9 Å². The number of nitrogens with one attached hydrogen (secondary N) is 1. The molecule has 4 aromatic rings. The number of rotatable bonds is 7. The molecule has 0 aliphatic rings. The lowest BCUT2D eigenvalue weighted by molar-refractivity contribution is -0.116. The molecular formula is C23H20FN5O2. The number of amides is 1. The van der Waals surface area contributed by atoms with Crippen LogP contribution in [0.15, 0.2) is 72.8 Å². The van der Waals surface area contributed by atoms with Crippen molar-refractivity contribution in [3.05, 3.63) is 84.4 Å². The Bertz CT molecular complexity index is 1190. The van der Waals surface area contributed by atoms with Crippen molar-refractivity contribution in [1.29, 1.82) is 0 Å². The van der Waals surface area contributed by atoms with Crippen LogP contribution in [0.5, 0.6) is 5.75 Å². The summed E-state index contributed by atoms with van der Waals surface area (Å²) in [5.74, 6) is 0.407. The second-order valence-electron chi connectivity index (χ2n) is 6.81. The van der Waals surface area contributed by atoms with E-state index in [-0.39, 0.29) is 24.6 Å². The normalized spacial score (nSPS) is 10.6. The number of hydrogen-bond donors (Lipinski definition) is 1. The summed E-state index contributed by atoms with van der Waals surface area (Å²) in [6.45, 7) is 1.87. The molecule has 1 amide bonds. The Morgan fingerprint density at radius 3 is 2.61 bits per heavy atom. The fourth-order valence-corrected chi connectivity index (χ4v) is 3.13. The first-order chi connectivity index (χ1) is 15.1. The van der Waals surface area contributed by atoms with Gasteiger partial charge in [0, 0.05) is 11.3 Å². The van der Waals surface area contributed by atoms with Crippen LogP contribution >= 0.6 is 0 Å². The average Bonchev–Trinajstić information content (AvgIpc) is 3.21. The molecule has 0 saturated heterocycles. The molecule has 0 aliphatic heterocycles. The van der Waals surface area contributed by atoms with Crippen LogP contribution in [0.3, 0.4) is 0 Å². The number of aromatic nitrogens is 4. The zero-order valence-electron chi connectivity index (χ0n) is 16.8. The van der Waals surface area contributed by atoms with E-state index in [2.05, 4.69) is 20.8 Å². The Hall–Kier alpha value is -4.07. The topological polar surface area (TPSA) is 81.9 Å². The number of nitrogens with zero attached hydrogens (tertiary/aromatic N) is 4. The van der Waals surface area contributed by atoms with Crippen molar-refractivity contribution in [2.75, 3.05) is 11.9 Å². The van der Waals surface area contributed by atoms with Crippen LogP contribution in [0, 0.1) is 12.7 Å². The number of tetrazole rings is 1. The monoisotopic (exact) mass is 417 g/mol. The van der Waals surface area contributed by atoms with Gasteiger partial charge in [-0.25, -0.2) is 4.39 Å². The predicted octanol–water partition coefficient (Wildman–Crippen LogP) is 4.18. The fraction of sp³-hybridized carbons (Fsp3) is 0.130. The molecule has 4 rings (SSSR count). The van der Waals surface area contributed by atoms with E-state index in [1.54, 1.807) is 6.92 Å². The van der Waals surface area contributed by atoms with Gasteiger partial charge in [0.2, 0.25) is 5.91 Å². The van der Waals surface area contributed by atoms with E-state index in [1.165, 1.54) is 22.9 Å². The second-order valence-corrected chi connectivity index (χ2v) is 6.81. The molecule has 1 heterocycles. The van der Waals surface area contributed by atoms with Gasteiger partial charge in [0.25, 0.3) is 0 Å². The lowest BCUT2D eigenvalue weighted by Crippen LogP contribution is -2.16. The first-order valence-corrected chi connectivity index (χ1v) is 9.74. The SMILES string of the molecule is Cc1nnnn1-c1cc(NC(=O)CCOc2ccccc2-c2ccccc2)ccc1F. The maximum Gasteiger partial charge on any atom is 0.227 e. The van der Waals surface area contributed by atoms with Crippen molar-refractivity contribution in [1.82, 2.24) is 20.2 Å². The van der Waals surface area contributed by atoms with Gasteiger partial charge in [0.05, 0.1) is 13.0 Å². The zero-order chi connectivity index (χ0) is 21.6. The summed E-state index contributed by atoms with van der Waals surface area (Å²) in [5.41, 5.74) is 2.61. The molecule has 3 aromatic carbocycles. The first kappa shape index (κ1) is 20.2. The van der Waals surface area contributed by atoms with Crippen molar-refractivity contribution in [3.63, 3.8) is 0 Å². The van der Waals surface area contributed by atoms with Gasteiger partial charge in [-0.15, -0.1) is 5.10 Å². The molecule has 8 heteroatoms. The molecule has 7 nitrogen and oxygen atoms in total. The molecule has 31 heavy (non-hydrogen) atoms. The number of ether oxygens (including phenoxy) is 1. The van der Waals surface area contributed by atoms with Gasteiger partial charge < -0.3 is 10.1 Å². The summed E-state index contributed by atoms with van der Waals surface area (Å²) in [5, 5.41) is 13.8. The average molecular weight is 417 g/mol. The van der Waals surface area contributed by atoms with E-state index < -0.39 is 5.82 Å². The molecule has 0 bridgehead atoms. The van der Waals surface area contributed by atoms with Crippen LogP contribution in [0.4, 0.5) is 10.1 Å². The molecule has 0 saturated carbocycles. The van der Waals surface area contributed by atoms with E-state index in [0.29, 0.717) is 17.3 Å². The fourth-order valence-electron chi connectivity index (χ4n) is 3.13. The Balaban J connectivity index is 1.39. The van der Waals surface area contributed by atoms with Crippen LogP contribution < -0.4 is 10.1 Å². The molecule has 0 spiro atoms. The van der Waals surface area contributed by atoms with Gasteiger partial charge >= 0.3 is 0 Å². The standard InChI is InChI=1S/C23H20FN5O2/c1-16-26-27-28-29(16)21-15-18(11-12-20(21)24)25-23(30)13-14-31-22-10-6-5-9-19(22)17-7-3-2-4-8-17/h2-12,15H,13-14H2,1H3,(H,25,30). The summed E-state index contributed by atoms with van der Waals surface area (Å²) in [6.07, 6.45) is 0.139. The maximum atomic E-state index is 14.2. The van der Waals surface area contributed by atoms with E-state index in [9.17, 15) is 9.18 Å². The highest BCUT2D eigenvalue weighted by atomic mass is 19.1. The van der Waals surface area contributed by atoms with Gasteiger partial charge in [-0.05, 0) is 47.2 Å². The number of carbonyl (C=O) groups excluding carboxylic acids is 1. The minimum absolute atomic E-state index is 0.139. The zero-order valence-corrected chi connectivity index (χ0v) is 16.8. The van der Waals surface area contributed by atoms with E-state index in [4.69, 9.17) is 4.74 Å². The van der Waals surface area contributed by atoms with Gasteiger partial charge in [0.1, 0.15) is 17.3 Å². The number of anilines is 1. The number of benzene rings is 3. The van der Waals surface area contributed by atoms with Gasteiger partial charge in [-0.1, -0.05) is 48.5 Å². The summed E-state index contributed by atoms with van der Waals surface area (Å²) < 4.78 is 21.3. The Morgan fingerprint density at radius 2 is 1.84 bits per heavy atom. The largest absolute Gasteiger partial charge is 0.492 e. The van der Waals surface area contributed by atoms with Crippen LogP contribution in [-0.4, -0.2) is 32.7 Å². The molecule has 1 N–H and O–H groups in total. The number of para-hydroxylation sites is 1. The van der Waals surface area contributed by atoms with E-state index >= 15 is 0 Å². The molecule has 1 aromatic heterocycles. The molecule has 0 radical (unpaired) electrons. The molecule has 0 atom stereocenters. The number of carbonyl (C=O) groups is 1. The van der Waals surface area contributed by atoms with Crippen LogP contribution in [-0.2, 0) is 4.79 Å². The summed E-state index contributed by atoms with van der Waals surface area (Å²) in [6, 6.07) is 21.8. The van der Waals surface area contributed by atoms with Crippen molar-refractivity contribution in [2.45, 2.75) is 13.3 Å². The molecule has 0 aliphatic carbocycles. The third-order valence-electron chi connectivity index (χ3n) is 4.64. The third-order valence-corrected chi connectivity index (χ3v) is 4.64.